The van der Waals surface area contributed by atoms with E-state index in [1.807, 2.05) is 6.07 Å². The van der Waals surface area contributed by atoms with Gasteiger partial charge in [0.05, 0.1) is 5.75 Å². The quantitative estimate of drug-likeness (QED) is 0.343. The van der Waals surface area contributed by atoms with Crippen molar-refractivity contribution < 1.29 is 4.79 Å². The molecule has 0 aromatic heterocycles. The minimum Gasteiger partial charge on any atom is -0.294 e. The van der Waals surface area contributed by atoms with E-state index in [0.29, 0.717) is 5.75 Å². The molecule has 3 nitrogen and oxygen atoms in total. The second kappa shape index (κ2) is 5.02. The number of hydrazine groups is 1. The molecule has 0 aliphatic rings. The third-order valence-corrected chi connectivity index (χ3v) is 3.00. The van der Waals surface area contributed by atoms with Gasteiger partial charge in [0.25, 0.3) is 0 Å². The van der Waals surface area contributed by atoms with E-state index >= 15 is 0 Å². The molecule has 1 rings (SSSR count). The van der Waals surface area contributed by atoms with Crippen molar-refractivity contribution >= 4 is 17.7 Å². The van der Waals surface area contributed by atoms with E-state index < -0.39 is 0 Å². The van der Waals surface area contributed by atoms with Gasteiger partial charge >= 0.3 is 0 Å². The molecule has 0 saturated heterocycles. The predicted molar refractivity (Wildman–Crippen MR) is 59.0 cm³/mol. The van der Waals surface area contributed by atoms with Gasteiger partial charge in [-0.15, -0.1) is 11.8 Å². The molecular weight excluding hydrogens is 196 g/mol. The Morgan fingerprint density at radius 1 is 1.43 bits per heavy atom. The molecule has 3 N–H and O–H groups in total. The van der Waals surface area contributed by atoms with Gasteiger partial charge in [-0.25, -0.2) is 5.84 Å². The van der Waals surface area contributed by atoms with Crippen LogP contribution < -0.4 is 11.3 Å². The second-order valence-corrected chi connectivity index (χ2v) is 4.15. The van der Waals surface area contributed by atoms with Crippen molar-refractivity contribution in [1.29, 1.82) is 0 Å². The van der Waals surface area contributed by atoms with E-state index in [0.717, 1.165) is 4.90 Å². The zero-order valence-electron chi connectivity index (χ0n) is 8.33. The number of aryl methyl sites for hydroxylation is 2. The summed E-state index contributed by atoms with van der Waals surface area (Å²) in [6, 6.07) is 6.14. The van der Waals surface area contributed by atoms with Crippen LogP contribution in [0.25, 0.3) is 0 Å². The van der Waals surface area contributed by atoms with Crippen LogP contribution in [0.4, 0.5) is 0 Å². The van der Waals surface area contributed by atoms with Crippen LogP contribution in [0.2, 0.25) is 0 Å². The highest BCUT2D eigenvalue weighted by Crippen LogP contribution is 2.20. The van der Waals surface area contributed by atoms with E-state index in [-0.39, 0.29) is 5.91 Å². The van der Waals surface area contributed by atoms with Crippen molar-refractivity contribution in [3.05, 3.63) is 29.3 Å². The number of amides is 1. The minimum atomic E-state index is -0.159. The van der Waals surface area contributed by atoms with Gasteiger partial charge in [-0.3, -0.25) is 10.2 Å². The number of nitrogens with two attached hydrogens (primary N) is 1. The van der Waals surface area contributed by atoms with Crippen LogP contribution in [-0.2, 0) is 4.79 Å². The number of nitrogens with one attached hydrogen (secondary N) is 1. The number of hydrogen-bond donors (Lipinski definition) is 2. The van der Waals surface area contributed by atoms with E-state index in [1.165, 1.54) is 22.9 Å². The molecule has 1 aromatic rings. The summed E-state index contributed by atoms with van der Waals surface area (Å²) < 4.78 is 0. The Kier molecular flexibility index (Phi) is 3.98. The Morgan fingerprint density at radius 3 is 2.71 bits per heavy atom. The molecule has 0 unspecified atom stereocenters. The average Bonchev–Trinajstić information content (AvgIpc) is 2.19. The molecule has 0 bridgehead atoms. The first-order valence-corrected chi connectivity index (χ1v) is 5.31. The molecule has 0 aliphatic heterocycles. The molecule has 0 aliphatic carbocycles. The first-order valence-electron chi connectivity index (χ1n) is 4.33. The lowest BCUT2D eigenvalue weighted by molar-refractivity contribution is -0.118. The van der Waals surface area contributed by atoms with Crippen molar-refractivity contribution in [3.63, 3.8) is 0 Å². The fourth-order valence-corrected chi connectivity index (χ4v) is 1.80. The molecule has 4 heteroatoms. The highest BCUT2D eigenvalue weighted by molar-refractivity contribution is 8.00. The molecular formula is C10H14N2OS. The van der Waals surface area contributed by atoms with Crippen molar-refractivity contribution in [3.8, 4) is 0 Å². The van der Waals surface area contributed by atoms with Gasteiger partial charge in [-0.1, -0.05) is 6.07 Å². The van der Waals surface area contributed by atoms with Crippen LogP contribution in [0.5, 0.6) is 0 Å². The summed E-state index contributed by atoms with van der Waals surface area (Å²) in [7, 11) is 0. The Balaban J connectivity index is 2.60. The molecule has 1 aromatic carbocycles. The highest BCUT2D eigenvalue weighted by atomic mass is 32.2. The summed E-state index contributed by atoms with van der Waals surface area (Å²) >= 11 is 1.48. The summed E-state index contributed by atoms with van der Waals surface area (Å²) in [4.78, 5) is 12.0. The molecule has 1 amide bonds. The van der Waals surface area contributed by atoms with Crippen LogP contribution in [0.15, 0.2) is 23.1 Å². The molecule has 0 radical (unpaired) electrons. The van der Waals surface area contributed by atoms with Gasteiger partial charge in [-0.05, 0) is 37.1 Å². The monoisotopic (exact) mass is 210 g/mol. The number of thioether (sulfide) groups is 1. The lowest BCUT2D eigenvalue weighted by Gasteiger charge is -2.04. The number of hydrogen-bond acceptors (Lipinski definition) is 3. The van der Waals surface area contributed by atoms with Crippen molar-refractivity contribution in [1.82, 2.24) is 5.43 Å². The minimum absolute atomic E-state index is 0.159. The lowest BCUT2D eigenvalue weighted by Crippen LogP contribution is -2.31. The average molecular weight is 210 g/mol. The van der Waals surface area contributed by atoms with Gasteiger partial charge < -0.3 is 0 Å². The zero-order chi connectivity index (χ0) is 10.6. The topological polar surface area (TPSA) is 55.1 Å². The van der Waals surface area contributed by atoms with Gasteiger partial charge in [0.1, 0.15) is 0 Å². The summed E-state index contributed by atoms with van der Waals surface area (Å²) in [6.45, 7) is 4.12. The van der Waals surface area contributed by atoms with Crippen LogP contribution in [-0.4, -0.2) is 11.7 Å². The Morgan fingerprint density at radius 2 is 2.14 bits per heavy atom. The van der Waals surface area contributed by atoms with Crippen LogP contribution in [0.3, 0.4) is 0 Å². The van der Waals surface area contributed by atoms with E-state index in [2.05, 4.69) is 31.4 Å². The SMILES string of the molecule is Cc1ccc(SCC(=O)NN)cc1C. The first kappa shape index (κ1) is 11.1. The van der Waals surface area contributed by atoms with Gasteiger partial charge in [0, 0.05) is 4.90 Å². The smallest absolute Gasteiger partial charge is 0.244 e. The Labute approximate surface area is 88.0 Å². The summed E-state index contributed by atoms with van der Waals surface area (Å²) in [5, 5.41) is 0. The molecule has 0 fully saturated rings. The van der Waals surface area contributed by atoms with Gasteiger partial charge in [-0.2, -0.15) is 0 Å². The van der Waals surface area contributed by atoms with E-state index in [4.69, 9.17) is 5.84 Å². The third-order valence-electron chi connectivity index (χ3n) is 2.01. The fraction of sp³-hybridized carbons (Fsp3) is 0.300. The Hall–Kier alpha value is -1.00. The maximum atomic E-state index is 10.9. The maximum absolute atomic E-state index is 10.9. The largest absolute Gasteiger partial charge is 0.294 e. The fourth-order valence-electron chi connectivity index (χ4n) is 0.994. The molecule has 76 valence electrons. The third kappa shape index (κ3) is 3.05. The zero-order valence-corrected chi connectivity index (χ0v) is 9.15. The molecule has 14 heavy (non-hydrogen) atoms. The predicted octanol–water partition coefficient (Wildman–Crippen LogP) is 1.39. The first-order chi connectivity index (χ1) is 6.63. The van der Waals surface area contributed by atoms with E-state index in [9.17, 15) is 4.79 Å². The highest BCUT2D eigenvalue weighted by Gasteiger charge is 2.01. The lowest BCUT2D eigenvalue weighted by atomic mass is 10.1. The molecule has 0 atom stereocenters. The van der Waals surface area contributed by atoms with Crippen LogP contribution in [0.1, 0.15) is 11.1 Å². The number of benzene rings is 1. The Bertz CT molecular complexity index is 339. The summed E-state index contributed by atoms with van der Waals surface area (Å²) in [6.07, 6.45) is 0. The van der Waals surface area contributed by atoms with Crippen molar-refractivity contribution in [2.45, 2.75) is 18.7 Å². The van der Waals surface area contributed by atoms with E-state index in [1.54, 1.807) is 0 Å². The summed E-state index contributed by atoms with van der Waals surface area (Å²) in [5.74, 6) is 5.18. The van der Waals surface area contributed by atoms with Crippen molar-refractivity contribution in [2.75, 3.05) is 5.75 Å². The molecule has 0 spiro atoms. The standard InChI is InChI=1S/C10H14N2OS/c1-7-3-4-9(5-8(7)2)14-6-10(13)12-11/h3-5H,6,11H2,1-2H3,(H,12,13). The molecule has 0 saturated carbocycles. The number of carbonyl (C=O) groups is 1. The van der Waals surface area contributed by atoms with Gasteiger partial charge in [0.15, 0.2) is 0 Å². The van der Waals surface area contributed by atoms with Crippen molar-refractivity contribution in [2.24, 2.45) is 5.84 Å². The van der Waals surface area contributed by atoms with Crippen LogP contribution in [0, 0.1) is 13.8 Å². The second-order valence-electron chi connectivity index (χ2n) is 3.10. The maximum Gasteiger partial charge on any atom is 0.244 e. The number of carbonyl (C=O) groups excluding carboxylic acids is 1. The normalized spacial score (nSPS) is 9.93. The van der Waals surface area contributed by atoms with Crippen LogP contribution >= 0.6 is 11.8 Å². The number of rotatable bonds is 3. The summed E-state index contributed by atoms with van der Waals surface area (Å²) in [5.41, 5.74) is 4.60. The molecule has 0 heterocycles. The van der Waals surface area contributed by atoms with Gasteiger partial charge in [0.2, 0.25) is 5.91 Å².